The van der Waals surface area contributed by atoms with Crippen LogP contribution in [-0.4, -0.2) is 18.5 Å². The standard InChI is InChI=1S/C25H22N2O3S/c26-15-21-20-12-6-7-13-22(20)31-24(21)27-23(28)16-30-25(29)19-11-5-4-10-18(19)14-17-8-2-1-3-9-17/h1-5,8-11H,6-7,12-14,16H2,(H,27,28). The Morgan fingerprint density at radius 1 is 1.03 bits per heavy atom. The van der Waals surface area contributed by atoms with Crippen LogP contribution in [0.2, 0.25) is 0 Å². The largest absolute Gasteiger partial charge is 0.452 e. The maximum atomic E-state index is 12.6. The van der Waals surface area contributed by atoms with Gasteiger partial charge >= 0.3 is 5.97 Å². The average Bonchev–Trinajstić information content (AvgIpc) is 3.15. The van der Waals surface area contributed by atoms with Crippen LogP contribution in [0.3, 0.4) is 0 Å². The van der Waals surface area contributed by atoms with Gasteiger partial charge < -0.3 is 10.1 Å². The Hall–Kier alpha value is -3.43. The summed E-state index contributed by atoms with van der Waals surface area (Å²) in [5.74, 6) is -0.975. The Labute approximate surface area is 185 Å². The number of rotatable bonds is 6. The van der Waals surface area contributed by atoms with Crippen LogP contribution in [0.25, 0.3) is 0 Å². The number of esters is 1. The normalized spacial score (nSPS) is 12.5. The van der Waals surface area contributed by atoms with Crippen molar-refractivity contribution in [2.24, 2.45) is 0 Å². The van der Waals surface area contributed by atoms with Crippen LogP contribution in [0, 0.1) is 11.3 Å². The highest BCUT2D eigenvalue weighted by molar-refractivity contribution is 7.16. The van der Waals surface area contributed by atoms with Crippen molar-refractivity contribution in [1.82, 2.24) is 0 Å². The minimum absolute atomic E-state index is 0.397. The van der Waals surface area contributed by atoms with E-state index in [4.69, 9.17) is 4.74 Å². The van der Waals surface area contributed by atoms with Crippen molar-refractivity contribution >= 4 is 28.2 Å². The molecule has 1 amide bonds. The van der Waals surface area contributed by atoms with Crippen molar-refractivity contribution in [3.63, 3.8) is 0 Å². The van der Waals surface area contributed by atoms with Gasteiger partial charge in [0, 0.05) is 4.88 Å². The molecule has 0 saturated carbocycles. The highest BCUT2D eigenvalue weighted by Crippen LogP contribution is 2.37. The molecule has 3 aromatic rings. The third-order valence-electron chi connectivity index (χ3n) is 5.35. The maximum Gasteiger partial charge on any atom is 0.338 e. The first kappa shape index (κ1) is 20.8. The Balaban J connectivity index is 1.40. The van der Waals surface area contributed by atoms with Gasteiger partial charge in [0.05, 0.1) is 11.1 Å². The molecule has 1 heterocycles. The van der Waals surface area contributed by atoms with Crippen LogP contribution in [-0.2, 0) is 28.8 Å². The molecular formula is C25H22N2O3S. The maximum absolute atomic E-state index is 12.6. The van der Waals surface area contributed by atoms with Crippen LogP contribution < -0.4 is 5.32 Å². The number of carbonyl (C=O) groups is 2. The molecule has 1 N–H and O–H groups in total. The number of ether oxygens (including phenoxy) is 1. The van der Waals surface area contributed by atoms with Gasteiger partial charge in [0.2, 0.25) is 0 Å². The third kappa shape index (κ3) is 4.84. The summed E-state index contributed by atoms with van der Waals surface area (Å²) < 4.78 is 5.29. The first-order valence-corrected chi connectivity index (χ1v) is 11.1. The minimum Gasteiger partial charge on any atom is -0.452 e. The lowest BCUT2D eigenvalue weighted by Crippen LogP contribution is -2.21. The molecule has 1 aliphatic rings. The smallest absolute Gasteiger partial charge is 0.338 e. The predicted molar refractivity (Wildman–Crippen MR) is 120 cm³/mol. The molecule has 0 radical (unpaired) electrons. The number of aryl methyl sites for hydroxylation is 1. The van der Waals surface area contributed by atoms with Gasteiger partial charge in [0.1, 0.15) is 11.1 Å². The Kier molecular flexibility index (Phi) is 6.44. The van der Waals surface area contributed by atoms with Crippen LogP contribution in [0.5, 0.6) is 0 Å². The molecule has 5 nitrogen and oxygen atoms in total. The zero-order valence-corrected chi connectivity index (χ0v) is 17.8. The summed E-state index contributed by atoms with van der Waals surface area (Å²) in [5.41, 5.74) is 3.99. The van der Waals surface area contributed by atoms with Gasteiger partial charge in [-0.05, 0) is 54.9 Å². The lowest BCUT2D eigenvalue weighted by Gasteiger charge is -2.10. The van der Waals surface area contributed by atoms with Gasteiger partial charge in [-0.15, -0.1) is 11.3 Å². The lowest BCUT2D eigenvalue weighted by atomic mass is 9.96. The summed E-state index contributed by atoms with van der Waals surface area (Å²) in [6, 6.07) is 19.3. The van der Waals surface area contributed by atoms with Crippen LogP contribution in [0.4, 0.5) is 5.00 Å². The summed E-state index contributed by atoms with van der Waals surface area (Å²) in [7, 11) is 0. The number of anilines is 1. The van der Waals surface area contributed by atoms with E-state index in [0.29, 0.717) is 22.5 Å². The molecule has 0 aliphatic heterocycles. The van der Waals surface area contributed by atoms with Crippen LogP contribution in [0.15, 0.2) is 54.6 Å². The molecular weight excluding hydrogens is 408 g/mol. The Morgan fingerprint density at radius 3 is 2.58 bits per heavy atom. The number of amides is 1. The van der Waals surface area contributed by atoms with E-state index in [1.807, 2.05) is 42.5 Å². The van der Waals surface area contributed by atoms with E-state index in [2.05, 4.69) is 11.4 Å². The number of hydrogen-bond donors (Lipinski definition) is 1. The van der Waals surface area contributed by atoms with E-state index >= 15 is 0 Å². The van der Waals surface area contributed by atoms with Gasteiger partial charge in [-0.25, -0.2) is 4.79 Å². The molecule has 0 fully saturated rings. The van der Waals surface area contributed by atoms with Gasteiger partial charge in [-0.3, -0.25) is 4.79 Å². The quantitative estimate of drug-likeness (QED) is 0.565. The third-order valence-corrected chi connectivity index (χ3v) is 6.55. The van der Waals surface area contributed by atoms with Crippen molar-refractivity contribution in [2.45, 2.75) is 32.1 Å². The SMILES string of the molecule is N#Cc1c(NC(=O)COC(=O)c2ccccc2Cc2ccccc2)sc2c1CCCC2. The lowest BCUT2D eigenvalue weighted by molar-refractivity contribution is -0.119. The van der Waals surface area contributed by atoms with Crippen molar-refractivity contribution in [3.05, 3.63) is 87.3 Å². The predicted octanol–water partition coefficient (Wildman–Crippen LogP) is 4.88. The van der Waals surface area contributed by atoms with Crippen LogP contribution in [0.1, 0.15) is 50.3 Å². The van der Waals surface area contributed by atoms with E-state index in [9.17, 15) is 14.9 Å². The fraction of sp³-hybridized carbons (Fsp3) is 0.240. The number of nitrogens with one attached hydrogen (secondary N) is 1. The number of thiophene rings is 1. The number of nitriles is 1. The second kappa shape index (κ2) is 9.59. The molecule has 31 heavy (non-hydrogen) atoms. The number of benzene rings is 2. The van der Waals surface area contributed by atoms with E-state index in [1.54, 1.807) is 12.1 Å². The van der Waals surface area contributed by atoms with Crippen molar-refractivity contribution in [3.8, 4) is 6.07 Å². The van der Waals surface area contributed by atoms with Gasteiger partial charge in [0.15, 0.2) is 6.61 Å². The molecule has 0 saturated heterocycles. The summed E-state index contributed by atoms with van der Waals surface area (Å²) in [6.45, 7) is -0.397. The van der Waals surface area contributed by atoms with E-state index in [0.717, 1.165) is 42.4 Å². The highest BCUT2D eigenvalue weighted by Gasteiger charge is 2.22. The molecule has 6 heteroatoms. The van der Waals surface area contributed by atoms with Crippen molar-refractivity contribution < 1.29 is 14.3 Å². The number of hydrogen-bond acceptors (Lipinski definition) is 5. The molecule has 1 aromatic heterocycles. The van der Waals surface area contributed by atoms with Crippen LogP contribution >= 0.6 is 11.3 Å². The van der Waals surface area contributed by atoms with Crippen molar-refractivity contribution in [1.29, 1.82) is 5.26 Å². The van der Waals surface area contributed by atoms with Crippen molar-refractivity contribution in [2.75, 3.05) is 11.9 Å². The number of fused-ring (bicyclic) bond motifs is 1. The highest BCUT2D eigenvalue weighted by atomic mass is 32.1. The number of carbonyl (C=O) groups excluding carboxylic acids is 2. The second-order valence-corrected chi connectivity index (χ2v) is 8.58. The molecule has 1 aliphatic carbocycles. The van der Waals surface area contributed by atoms with Gasteiger partial charge in [0.25, 0.3) is 5.91 Å². The van der Waals surface area contributed by atoms with Gasteiger partial charge in [-0.1, -0.05) is 48.5 Å². The molecule has 2 aromatic carbocycles. The zero-order valence-electron chi connectivity index (χ0n) is 17.0. The monoisotopic (exact) mass is 430 g/mol. The average molecular weight is 431 g/mol. The van der Waals surface area contributed by atoms with E-state index in [1.165, 1.54) is 16.2 Å². The molecule has 0 atom stereocenters. The summed E-state index contributed by atoms with van der Waals surface area (Å²) in [6.07, 6.45) is 4.58. The van der Waals surface area contributed by atoms with E-state index < -0.39 is 18.5 Å². The molecule has 0 spiro atoms. The topological polar surface area (TPSA) is 79.2 Å². The molecule has 0 bridgehead atoms. The number of nitrogens with zero attached hydrogens (tertiary/aromatic N) is 1. The fourth-order valence-electron chi connectivity index (χ4n) is 3.83. The summed E-state index contributed by atoms with van der Waals surface area (Å²) in [4.78, 5) is 26.2. The molecule has 0 unspecified atom stereocenters. The zero-order chi connectivity index (χ0) is 21.6. The minimum atomic E-state index is -0.535. The van der Waals surface area contributed by atoms with Gasteiger partial charge in [-0.2, -0.15) is 5.26 Å². The fourth-order valence-corrected chi connectivity index (χ4v) is 5.09. The first-order valence-electron chi connectivity index (χ1n) is 10.3. The van der Waals surface area contributed by atoms with E-state index in [-0.39, 0.29) is 0 Å². The molecule has 156 valence electrons. The molecule has 4 rings (SSSR count). The first-order chi connectivity index (χ1) is 15.2. The Bertz CT molecular complexity index is 1150. The Morgan fingerprint density at radius 2 is 1.77 bits per heavy atom. The second-order valence-electron chi connectivity index (χ2n) is 7.47. The summed E-state index contributed by atoms with van der Waals surface area (Å²) in [5, 5.41) is 12.8. The summed E-state index contributed by atoms with van der Waals surface area (Å²) >= 11 is 1.45.